The molecule has 5 atom stereocenters. The zero-order valence-corrected chi connectivity index (χ0v) is 26.3. The highest BCUT2D eigenvalue weighted by Gasteiger charge is 2.47. The van der Waals surface area contributed by atoms with Crippen molar-refractivity contribution in [2.75, 3.05) is 31.6 Å². The highest BCUT2D eigenvalue weighted by atomic mass is 16.5. The first kappa shape index (κ1) is 31.6. The number of likely N-dealkylation sites (N-methyl/N-ethyl adjacent to an activating group) is 1. The van der Waals surface area contributed by atoms with Crippen molar-refractivity contribution in [1.82, 2.24) is 20.9 Å². The number of hydrogen-bond acceptors (Lipinski definition) is 6. The van der Waals surface area contributed by atoms with Crippen LogP contribution < -0.4 is 20.9 Å². The lowest BCUT2D eigenvalue weighted by Crippen LogP contribution is -2.67. The normalized spacial score (nSPS) is 25.0. The van der Waals surface area contributed by atoms with Gasteiger partial charge in [-0.1, -0.05) is 56.5 Å². The number of benzene rings is 1. The summed E-state index contributed by atoms with van der Waals surface area (Å²) in [5.41, 5.74) is 3.11. The summed E-state index contributed by atoms with van der Waals surface area (Å²) in [6.07, 6.45) is 16.5. The first-order valence-corrected chi connectivity index (χ1v) is 16.3. The van der Waals surface area contributed by atoms with Crippen LogP contribution in [0.5, 0.6) is 0 Å². The zero-order valence-electron chi connectivity index (χ0n) is 26.3. The van der Waals surface area contributed by atoms with Gasteiger partial charge >= 0.3 is 0 Å². The Morgan fingerprint density at radius 3 is 2.61 bits per heavy atom. The van der Waals surface area contributed by atoms with Gasteiger partial charge in [0, 0.05) is 30.8 Å². The molecule has 44 heavy (non-hydrogen) atoms. The van der Waals surface area contributed by atoms with E-state index in [2.05, 4.69) is 38.9 Å². The second-order valence-corrected chi connectivity index (χ2v) is 12.4. The van der Waals surface area contributed by atoms with Gasteiger partial charge in [0.25, 0.3) is 0 Å². The molecular formula is C35H47N5O4. The largest absolute Gasteiger partial charge is 0.485 e. The summed E-state index contributed by atoms with van der Waals surface area (Å²) in [5, 5.41) is 9.45. The highest BCUT2D eigenvalue weighted by molar-refractivity contribution is 5.94. The van der Waals surface area contributed by atoms with Crippen molar-refractivity contribution < 1.29 is 19.1 Å². The lowest BCUT2D eigenvalue weighted by atomic mass is 9.82. The Balaban J connectivity index is 1.46. The first-order chi connectivity index (χ1) is 21.4. The zero-order chi connectivity index (χ0) is 31.2. The number of anilines is 1. The van der Waals surface area contributed by atoms with E-state index in [9.17, 15) is 14.4 Å². The van der Waals surface area contributed by atoms with E-state index in [4.69, 9.17) is 11.2 Å². The van der Waals surface area contributed by atoms with Gasteiger partial charge in [0.1, 0.15) is 12.1 Å². The molecule has 0 aromatic heterocycles. The Bertz CT molecular complexity index is 1320. The van der Waals surface area contributed by atoms with Gasteiger partial charge < -0.3 is 30.5 Å². The number of amides is 3. The lowest BCUT2D eigenvalue weighted by Gasteiger charge is -2.46. The summed E-state index contributed by atoms with van der Waals surface area (Å²) >= 11 is 0. The van der Waals surface area contributed by atoms with Gasteiger partial charge in [0.2, 0.25) is 17.7 Å². The van der Waals surface area contributed by atoms with Crippen LogP contribution in [0, 0.1) is 18.3 Å². The number of hydrogen-bond donors (Lipinski definition) is 3. The maximum atomic E-state index is 14.7. The molecule has 3 amide bonds. The van der Waals surface area contributed by atoms with E-state index in [1.807, 2.05) is 38.1 Å². The van der Waals surface area contributed by atoms with Crippen molar-refractivity contribution in [2.45, 2.75) is 95.4 Å². The maximum Gasteiger partial charge on any atom is 0.246 e. The summed E-state index contributed by atoms with van der Waals surface area (Å²) in [6, 6.07) is 6.23. The van der Waals surface area contributed by atoms with Crippen LogP contribution >= 0.6 is 0 Å². The third-order valence-electron chi connectivity index (χ3n) is 9.78. The van der Waals surface area contributed by atoms with Crippen molar-refractivity contribution >= 4 is 23.4 Å². The Labute approximate surface area is 261 Å². The Morgan fingerprint density at radius 2 is 1.91 bits per heavy atom. The Hall–Kier alpha value is -3.77. The molecule has 1 saturated heterocycles. The molecule has 4 aliphatic rings. The van der Waals surface area contributed by atoms with Crippen molar-refractivity contribution in [3.05, 3.63) is 53.3 Å². The van der Waals surface area contributed by atoms with Gasteiger partial charge in [-0.3, -0.25) is 14.4 Å². The van der Waals surface area contributed by atoms with Gasteiger partial charge in [-0.25, -0.2) is 0 Å². The molecule has 2 unspecified atom stereocenters. The van der Waals surface area contributed by atoms with Crippen molar-refractivity contribution in [3.8, 4) is 12.3 Å². The van der Waals surface area contributed by atoms with E-state index in [0.29, 0.717) is 38.3 Å². The fraction of sp³-hybridized carbons (Fsp3) is 0.571. The fourth-order valence-electron chi connectivity index (χ4n) is 7.43. The number of nitrogens with one attached hydrogen (secondary N) is 3. The van der Waals surface area contributed by atoms with Crippen LogP contribution in [0.4, 0.5) is 5.69 Å². The fourth-order valence-corrected chi connectivity index (χ4v) is 7.43. The Kier molecular flexibility index (Phi) is 10.3. The quantitative estimate of drug-likeness (QED) is 0.376. The van der Waals surface area contributed by atoms with Gasteiger partial charge in [0.05, 0.1) is 24.7 Å². The number of fused-ring (bicyclic) bond motifs is 3. The lowest BCUT2D eigenvalue weighted by molar-refractivity contribution is -0.146. The number of rotatable bonds is 9. The molecule has 5 rings (SSSR count). The van der Waals surface area contributed by atoms with Crippen LogP contribution in [0.15, 0.2) is 47.7 Å². The number of allylic oxidation sites excluding steroid dienone is 2. The molecule has 0 bridgehead atoms. The van der Waals surface area contributed by atoms with E-state index >= 15 is 0 Å². The summed E-state index contributed by atoms with van der Waals surface area (Å²) < 4.78 is 5.70. The number of nitrogens with zero attached hydrogens (tertiary/aromatic N) is 2. The van der Waals surface area contributed by atoms with Crippen LogP contribution in [-0.2, 0) is 25.5 Å². The topological polar surface area (TPSA) is 103 Å². The van der Waals surface area contributed by atoms with Crippen LogP contribution in [0.3, 0.4) is 0 Å². The number of piperazine rings is 1. The minimum Gasteiger partial charge on any atom is -0.485 e. The molecule has 0 spiro atoms. The van der Waals surface area contributed by atoms with Crippen LogP contribution in [0.1, 0.15) is 64.4 Å². The molecule has 3 N–H and O–H groups in total. The number of terminal acetylenes is 1. The number of para-hydroxylation sites is 1. The number of ether oxygens (including phenoxy) is 1. The average molecular weight is 602 g/mol. The monoisotopic (exact) mass is 601 g/mol. The van der Waals surface area contributed by atoms with Crippen LogP contribution in [0.25, 0.3) is 0 Å². The standard InChI is InChI=1S/C35H47N5O4/c1-5-13-26-28(18-19-44-31(26)7-3)37-34(42)30-22-39-25(20-24-16-11-12-17-29(24)39)21-40(30)35(43)32(23-14-9-8-10-15-23)38-33(41)27(6-2)36-4/h3,5,11-13,16-17,23,25,27-28,30,32,36H,6,8-10,14-15,18-22H2,1-2,4H3,(H,37,42)(H,38,41)/b13-5-/t25?,27-,28+,30-,32?/m0/s1. The molecule has 1 aromatic carbocycles. The maximum absolute atomic E-state index is 14.7. The minimum absolute atomic E-state index is 0.0370. The molecule has 1 saturated carbocycles. The second-order valence-electron chi connectivity index (χ2n) is 12.4. The van der Waals surface area contributed by atoms with Crippen LogP contribution in [-0.4, -0.2) is 79.6 Å². The van der Waals surface area contributed by atoms with Crippen molar-refractivity contribution in [2.24, 2.45) is 5.92 Å². The molecule has 9 nitrogen and oxygen atoms in total. The van der Waals surface area contributed by atoms with Crippen molar-refractivity contribution in [1.29, 1.82) is 0 Å². The third-order valence-corrected chi connectivity index (χ3v) is 9.78. The van der Waals surface area contributed by atoms with E-state index in [1.165, 1.54) is 5.56 Å². The predicted molar refractivity (Wildman–Crippen MR) is 172 cm³/mol. The van der Waals surface area contributed by atoms with E-state index in [0.717, 1.165) is 49.8 Å². The highest BCUT2D eigenvalue weighted by Crippen LogP contribution is 2.37. The SMILES string of the molecule is C#CC1=C(/C=C\C)[C@H](NC(=O)[C@@H]2CN3c4ccccc4CC3CN2C(=O)C(NC(=O)[C@H](CC)NC)C2CCCCC2)CCO1. The smallest absolute Gasteiger partial charge is 0.246 e. The number of carbonyl (C=O) groups is 3. The molecule has 3 heterocycles. The molecule has 1 aromatic rings. The van der Waals surface area contributed by atoms with E-state index < -0.39 is 12.1 Å². The molecule has 9 heteroatoms. The molecular weight excluding hydrogens is 554 g/mol. The second kappa shape index (κ2) is 14.3. The first-order valence-electron chi connectivity index (χ1n) is 16.3. The summed E-state index contributed by atoms with van der Waals surface area (Å²) in [5.74, 6) is 2.53. The average Bonchev–Trinajstić information content (AvgIpc) is 3.42. The van der Waals surface area contributed by atoms with Crippen LogP contribution in [0.2, 0.25) is 0 Å². The summed E-state index contributed by atoms with van der Waals surface area (Å²) in [6.45, 7) is 5.05. The van der Waals surface area contributed by atoms with Crippen molar-refractivity contribution in [3.63, 3.8) is 0 Å². The molecule has 1 aliphatic carbocycles. The van der Waals surface area contributed by atoms with Gasteiger partial charge in [-0.15, -0.1) is 6.42 Å². The summed E-state index contributed by atoms with van der Waals surface area (Å²) in [7, 11) is 1.76. The van der Waals surface area contributed by atoms with Gasteiger partial charge in [0.15, 0.2) is 5.76 Å². The summed E-state index contributed by atoms with van der Waals surface area (Å²) in [4.78, 5) is 46.4. The predicted octanol–water partition coefficient (Wildman–Crippen LogP) is 3.06. The van der Waals surface area contributed by atoms with Gasteiger partial charge in [-0.05, 0) is 63.1 Å². The van der Waals surface area contributed by atoms with E-state index in [1.54, 1.807) is 11.9 Å². The molecule has 3 aliphatic heterocycles. The molecule has 0 radical (unpaired) electrons. The van der Waals surface area contributed by atoms with E-state index in [-0.39, 0.29) is 41.8 Å². The Morgan fingerprint density at radius 1 is 1.14 bits per heavy atom. The number of carbonyl (C=O) groups excluding carboxylic acids is 3. The minimum atomic E-state index is -0.733. The van der Waals surface area contributed by atoms with Gasteiger partial charge in [-0.2, -0.15) is 0 Å². The molecule has 2 fully saturated rings. The third kappa shape index (κ3) is 6.51. The molecule has 236 valence electrons.